The highest BCUT2D eigenvalue weighted by Gasteiger charge is 2.40. The Kier molecular flexibility index (Phi) is 6.34. The summed E-state index contributed by atoms with van der Waals surface area (Å²) in [4.78, 5) is 23.4. The van der Waals surface area contributed by atoms with E-state index in [-0.39, 0.29) is 17.8 Å². The maximum Gasteiger partial charge on any atom is 0.319 e. The highest BCUT2D eigenvalue weighted by Crippen LogP contribution is 2.42. The number of nitrogens with one attached hydrogen (secondary N) is 2. The van der Waals surface area contributed by atoms with E-state index in [1.54, 1.807) is 19.1 Å². The number of ether oxygens (including phenoxy) is 1. The first kappa shape index (κ1) is 22.5. The number of hydrogen-bond donors (Lipinski definition) is 2. The molecular weight excluding hydrogens is 430 g/mol. The highest BCUT2D eigenvalue weighted by molar-refractivity contribution is 7.91. The van der Waals surface area contributed by atoms with E-state index in [9.17, 15) is 13.2 Å². The summed E-state index contributed by atoms with van der Waals surface area (Å²) in [7, 11) is -3.31. The summed E-state index contributed by atoms with van der Waals surface area (Å²) in [6, 6.07) is 7.09. The van der Waals surface area contributed by atoms with Crippen molar-refractivity contribution in [1.29, 1.82) is 0 Å². The maximum atomic E-state index is 12.7. The van der Waals surface area contributed by atoms with Crippen LogP contribution in [0.3, 0.4) is 0 Å². The van der Waals surface area contributed by atoms with Crippen LogP contribution < -0.4 is 15.5 Å². The van der Waals surface area contributed by atoms with E-state index in [1.165, 1.54) is 0 Å². The van der Waals surface area contributed by atoms with Crippen molar-refractivity contribution in [2.75, 3.05) is 36.5 Å². The van der Waals surface area contributed by atoms with Crippen molar-refractivity contribution in [3.63, 3.8) is 0 Å². The van der Waals surface area contributed by atoms with Gasteiger partial charge < -0.3 is 20.3 Å². The summed E-state index contributed by atoms with van der Waals surface area (Å²) in [6.07, 6.45) is 0.870. The van der Waals surface area contributed by atoms with Gasteiger partial charge in [-0.1, -0.05) is 6.92 Å². The molecule has 1 aromatic carbocycles. The van der Waals surface area contributed by atoms with Gasteiger partial charge in [-0.3, -0.25) is 0 Å². The molecule has 10 heteroatoms. The van der Waals surface area contributed by atoms with Crippen LogP contribution in [0.15, 0.2) is 24.3 Å². The van der Waals surface area contributed by atoms with Gasteiger partial charge in [0.15, 0.2) is 15.7 Å². The van der Waals surface area contributed by atoms with Crippen molar-refractivity contribution >= 4 is 27.4 Å². The molecule has 0 radical (unpaired) electrons. The number of carbonyl (C=O) groups excluding carboxylic acids is 1. The second-order valence-electron chi connectivity index (χ2n) is 8.07. The van der Waals surface area contributed by atoms with Gasteiger partial charge in [0.25, 0.3) is 0 Å². The number of sulfone groups is 1. The van der Waals surface area contributed by atoms with Gasteiger partial charge in [0.2, 0.25) is 0 Å². The minimum Gasteiger partial charge on any atom is -0.377 e. The maximum absolute atomic E-state index is 12.7. The Labute approximate surface area is 188 Å². The Morgan fingerprint density at radius 2 is 1.97 bits per heavy atom. The Balaban J connectivity index is 1.74. The third-order valence-corrected chi connectivity index (χ3v) is 7.99. The average molecular weight is 460 g/mol. The van der Waals surface area contributed by atoms with E-state index >= 15 is 0 Å². The Morgan fingerprint density at radius 1 is 1.22 bits per heavy atom. The zero-order valence-corrected chi connectivity index (χ0v) is 19.4. The number of hydrogen-bond acceptors (Lipinski definition) is 7. The van der Waals surface area contributed by atoms with E-state index in [1.807, 2.05) is 19.1 Å². The van der Waals surface area contributed by atoms with Gasteiger partial charge in [0, 0.05) is 29.9 Å². The quantitative estimate of drug-likeness (QED) is 0.707. The largest absolute Gasteiger partial charge is 0.377 e. The normalized spacial score (nSPS) is 21.8. The molecule has 1 fully saturated rings. The number of aromatic nitrogens is 2. The SMILES string of the molecule is CCNC(=O)Nc1ccc(-c2nc3c(c(N4CCOC[C@@H]4CC)n2)[C@@H](C)S(=O)(=O)C3)cc1. The molecule has 3 heterocycles. The predicted octanol–water partition coefficient (Wildman–Crippen LogP) is 2.89. The van der Waals surface area contributed by atoms with Gasteiger partial charge in [0.05, 0.1) is 36.0 Å². The van der Waals surface area contributed by atoms with E-state index in [4.69, 9.17) is 9.72 Å². The summed E-state index contributed by atoms with van der Waals surface area (Å²) in [5, 5.41) is 4.82. The lowest BCUT2D eigenvalue weighted by Crippen LogP contribution is -2.46. The fourth-order valence-electron chi connectivity index (χ4n) is 4.18. The summed E-state index contributed by atoms with van der Waals surface area (Å²) < 4.78 is 31.0. The number of nitrogens with zero attached hydrogens (tertiary/aromatic N) is 3. The van der Waals surface area contributed by atoms with Crippen molar-refractivity contribution in [2.24, 2.45) is 0 Å². The lowest BCUT2D eigenvalue weighted by molar-refractivity contribution is 0.0924. The molecule has 1 saturated heterocycles. The first-order chi connectivity index (χ1) is 15.3. The van der Waals surface area contributed by atoms with Gasteiger partial charge in [-0.05, 0) is 44.5 Å². The molecule has 2 aromatic rings. The molecule has 2 amide bonds. The van der Waals surface area contributed by atoms with Crippen molar-refractivity contribution in [3.05, 3.63) is 35.5 Å². The first-order valence-electron chi connectivity index (χ1n) is 11.0. The van der Waals surface area contributed by atoms with Gasteiger partial charge in [-0.2, -0.15) is 0 Å². The van der Waals surface area contributed by atoms with Crippen LogP contribution in [0.2, 0.25) is 0 Å². The monoisotopic (exact) mass is 459 g/mol. The molecule has 2 aliphatic rings. The molecule has 0 bridgehead atoms. The minimum atomic E-state index is -3.31. The van der Waals surface area contributed by atoms with Crippen LogP contribution in [-0.2, 0) is 20.3 Å². The predicted molar refractivity (Wildman–Crippen MR) is 123 cm³/mol. The van der Waals surface area contributed by atoms with Crippen LogP contribution in [0.1, 0.15) is 43.7 Å². The number of urea groups is 1. The van der Waals surface area contributed by atoms with E-state index < -0.39 is 15.1 Å². The van der Waals surface area contributed by atoms with Gasteiger partial charge >= 0.3 is 6.03 Å². The van der Waals surface area contributed by atoms with Crippen LogP contribution in [0.25, 0.3) is 11.4 Å². The second-order valence-corrected chi connectivity index (χ2v) is 10.4. The van der Waals surface area contributed by atoms with Crippen molar-refractivity contribution in [3.8, 4) is 11.4 Å². The topological polar surface area (TPSA) is 114 Å². The van der Waals surface area contributed by atoms with Crippen LogP contribution >= 0.6 is 0 Å². The molecule has 172 valence electrons. The zero-order chi connectivity index (χ0) is 22.9. The molecule has 2 atom stereocenters. The van der Waals surface area contributed by atoms with Crippen molar-refractivity contribution < 1.29 is 17.9 Å². The van der Waals surface area contributed by atoms with Gasteiger partial charge in [0.1, 0.15) is 5.82 Å². The molecule has 0 spiro atoms. The summed E-state index contributed by atoms with van der Waals surface area (Å²) in [5.74, 6) is 1.09. The molecule has 2 aliphatic heterocycles. The zero-order valence-electron chi connectivity index (χ0n) is 18.6. The number of amides is 2. The molecule has 9 nitrogen and oxygen atoms in total. The number of fused-ring (bicyclic) bond motifs is 1. The Hall–Kier alpha value is -2.72. The summed E-state index contributed by atoms with van der Waals surface area (Å²) >= 11 is 0. The van der Waals surface area contributed by atoms with Crippen LogP contribution in [0.4, 0.5) is 16.3 Å². The number of carbonyl (C=O) groups is 1. The molecule has 2 N–H and O–H groups in total. The fourth-order valence-corrected chi connectivity index (χ4v) is 5.63. The molecule has 0 aliphatic carbocycles. The second kappa shape index (κ2) is 9.03. The number of benzene rings is 1. The molecule has 0 saturated carbocycles. The van der Waals surface area contributed by atoms with Crippen molar-refractivity contribution in [2.45, 2.75) is 44.2 Å². The van der Waals surface area contributed by atoms with Crippen LogP contribution in [0, 0.1) is 0 Å². The molecule has 4 rings (SSSR count). The molecule has 0 unspecified atom stereocenters. The van der Waals surface area contributed by atoms with E-state index in [2.05, 4.69) is 27.4 Å². The van der Waals surface area contributed by atoms with E-state index in [0.717, 1.165) is 12.0 Å². The molecule has 32 heavy (non-hydrogen) atoms. The van der Waals surface area contributed by atoms with E-state index in [0.29, 0.717) is 54.9 Å². The molecular formula is C22H29N5O4S. The number of rotatable bonds is 5. The number of morpholine rings is 1. The van der Waals surface area contributed by atoms with Gasteiger partial charge in [-0.25, -0.2) is 23.2 Å². The Bertz CT molecular complexity index is 1100. The first-order valence-corrected chi connectivity index (χ1v) is 12.7. The lowest BCUT2D eigenvalue weighted by Gasteiger charge is -2.37. The smallest absolute Gasteiger partial charge is 0.319 e. The molecule has 1 aromatic heterocycles. The van der Waals surface area contributed by atoms with Crippen LogP contribution in [-0.4, -0.2) is 56.8 Å². The minimum absolute atomic E-state index is 0.0794. The standard InChI is InChI=1S/C22H29N5O4S/c1-4-17-12-31-11-10-27(17)21-19-14(3)32(29,30)13-18(19)25-20(26-21)15-6-8-16(9-7-15)24-22(28)23-5-2/h6-9,14,17H,4-5,10-13H2,1-3H3,(H2,23,24,28)/t14-,17+/m1/s1. The van der Waals surface area contributed by atoms with Crippen LogP contribution in [0.5, 0.6) is 0 Å². The summed E-state index contributed by atoms with van der Waals surface area (Å²) in [5.41, 5.74) is 2.69. The van der Waals surface area contributed by atoms with Crippen molar-refractivity contribution in [1.82, 2.24) is 15.3 Å². The fraction of sp³-hybridized carbons (Fsp3) is 0.500. The number of anilines is 2. The van der Waals surface area contributed by atoms with Gasteiger partial charge in [-0.15, -0.1) is 0 Å². The third-order valence-electron chi connectivity index (χ3n) is 6.00. The third kappa shape index (κ3) is 4.29. The lowest BCUT2D eigenvalue weighted by atomic mass is 10.1. The Morgan fingerprint density at radius 3 is 2.66 bits per heavy atom. The highest BCUT2D eigenvalue weighted by atomic mass is 32.2. The average Bonchev–Trinajstić information content (AvgIpc) is 3.02. The summed E-state index contributed by atoms with van der Waals surface area (Å²) in [6.45, 7) is 8.02.